The van der Waals surface area contributed by atoms with Crippen molar-refractivity contribution in [1.29, 1.82) is 0 Å². The predicted octanol–water partition coefficient (Wildman–Crippen LogP) is 2.81. The highest BCUT2D eigenvalue weighted by atomic mass is 16.4. The zero-order valence-corrected chi connectivity index (χ0v) is 14.2. The van der Waals surface area contributed by atoms with Crippen LogP contribution in [0.3, 0.4) is 0 Å². The summed E-state index contributed by atoms with van der Waals surface area (Å²) in [4.78, 5) is 37.7. The number of benzene rings is 1. The number of aryl methyl sites for hydroxylation is 1. The molecular weight excluding hydrogens is 308 g/mol. The maximum atomic E-state index is 12.6. The van der Waals surface area contributed by atoms with E-state index in [9.17, 15) is 19.5 Å². The number of aromatic carboxylic acids is 1. The van der Waals surface area contributed by atoms with Crippen molar-refractivity contribution >= 4 is 23.5 Å². The fraction of sp³-hybridized carbons (Fsp3) is 0.500. The van der Waals surface area contributed by atoms with E-state index in [2.05, 4.69) is 5.32 Å². The minimum atomic E-state index is -1.03. The first-order valence-electron chi connectivity index (χ1n) is 8.38. The van der Waals surface area contributed by atoms with Crippen molar-refractivity contribution in [2.45, 2.75) is 52.0 Å². The van der Waals surface area contributed by atoms with Crippen molar-refractivity contribution in [3.8, 4) is 0 Å². The Morgan fingerprint density at radius 1 is 1.29 bits per heavy atom. The average Bonchev–Trinajstić information content (AvgIpc) is 2.56. The Morgan fingerprint density at radius 3 is 2.71 bits per heavy atom. The van der Waals surface area contributed by atoms with Gasteiger partial charge < -0.3 is 15.3 Å². The third-order valence-corrected chi connectivity index (χ3v) is 4.33. The number of nitrogens with zero attached hydrogens (tertiary/aromatic N) is 1. The molecule has 2 amide bonds. The number of nitrogens with one attached hydrogen (secondary N) is 1. The average molecular weight is 332 g/mol. The lowest BCUT2D eigenvalue weighted by Gasteiger charge is -2.34. The Morgan fingerprint density at radius 2 is 2.04 bits per heavy atom. The summed E-state index contributed by atoms with van der Waals surface area (Å²) >= 11 is 0. The number of hydrogen-bond donors (Lipinski definition) is 2. The number of anilines is 1. The Hall–Kier alpha value is -2.37. The number of carboxylic acids is 1. The van der Waals surface area contributed by atoms with Gasteiger partial charge in [0.25, 0.3) is 0 Å². The molecule has 6 nitrogen and oxygen atoms in total. The van der Waals surface area contributed by atoms with E-state index >= 15 is 0 Å². The number of carbonyl (C=O) groups excluding carboxylic acids is 2. The second-order valence-electron chi connectivity index (χ2n) is 6.17. The van der Waals surface area contributed by atoms with Crippen molar-refractivity contribution < 1.29 is 19.5 Å². The van der Waals surface area contributed by atoms with Gasteiger partial charge in [-0.2, -0.15) is 0 Å². The molecule has 1 aliphatic rings. The summed E-state index contributed by atoms with van der Waals surface area (Å²) in [5, 5.41) is 11.9. The molecule has 0 aromatic heterocycles. The number of hydrogen-bond acceptors (Lipinski definition) is 3. The van der Waals surface area contributed by atoms with E-state index < -0.39 is 12.0 Å². The van der Waals surface area contributed by atoms with E-state index in [1.807, 2.05) is 6.92 Å². The molecule has 2 N–H and O–H groups in total. The minimum Gasteiger partial charge on any atom is -0.478 e. The van der Waals surface area contributed by atoms with Gasteiger partial charge in [-0.05, 0) is 50.3 Å². The van der Waals surface area contributed by atoms with Crippen LogP contribution in [0.1, 0.15) is 54.9 Å². The van der Waals surface area contributed by atoms with Gasteiger partial charge in [-0.1, -0.05) is 13.0 Å². The zero-order chi connectivity index (χ0) is 17.7. The van der Waals surface area contributed by atoms with Crippen LogP contribution in [0.2, 0.25) is 0 Å². The summed E-state index contributed by atoms with van der Waals surface area (Å²) in [6.45, 7) is 4.25. The smallest absolute Gasteiger partial charge is 0.336 e. The van der Waals surface area contributed by atoms with Crippen molar-refractivity contribution in [2.75, 3.05) is 11.9 Å². The second kappa shape index (κ2) is 7.95. The lowest BCUT2D eigenvalue weighted by atomic mass is 10.00. The fourth-order valence-corrected chi connectivity index (χ4v) is 3.02. The maximum Gasteiger partial charge on any atom is 0.336 e. The van der Waals surface area contributed by atoms with E-state index in [0.717, 1.165) is 19.3 Å². The molecule has 0 aliphatic carbocycles. The van der Waals surface area contributed by atoms with Crippen LogP contribution in [0.5, 0.6) is 0 Å². The first-order valence-corrected chi connectivity index (χ1v) is 8.38. The molecule has 0 spiro atoms. The Bertz CT molecular complexity index is 642. The lowest BCUT2D eigenvalue weighted by molar-refractivity contribution is -0.140. The van der Waals surface area contributed by atoms with Crippen molar-refractivity contribution in [2.24, 2.45) is 0 Å². The van der Waals surface area contributed by atoms with Gasteiger partial charge in [-0.15, -0.1) is 0 Å². The Labute approximate surface area is 141 Å². The van der Waals surface area contributed by atoms with E-state index in [0.29, 0.717) is 30.6 Å². The van der Waals surface area contributed by atoms with Gasteiger partial charge in [0, 0.05) is 18.7 Å². The van der Waals surface area contributed by atoms with Crippen molar-refractivity contribution in [3.63, 3.8) is 0 Å². The molecule has 0 saturated carbocycles. The fourth-order valence-electron chi connectivity index (χ4n) is 3.02. The number of amides is 2. The maximum absolute atomic E-state index is 12.6. The predicted molar refractivity (Wildman–Crippen MR) is 91.0 cm³/mol. The SMILES string of the molecule is CCCC(=O)N1CCCCC1C(=O)Nc1ccc(C)c(C(=O)O)c1. The number of piperidine rings is 1. The number of rotatable bonds is 5. The van der Waals surface area contributed by atoms with Gasteiger partial charge in [-0.3, -0.25) is 9.59 Å². The van der Waals surface area contributed by atoms with Gasteiger partial charge in [0.05, 0.1) is 5.56 Å². The summed E-state index contributed by atoms with van der Waals surface area (Å²) in [6, 6.07) is 4.32. The highest BCUT2D eigenvalue weighted by Crippen LogP contribution is 2.21. The van der Waals surface area contributed by atoms with Crippen LogP contribution >= 0.6 is 0 Å². The van der Waals surface area contributed by atoms with Crippen LogP contribution in [0, 0.1) is 6.92 Å². The molecule has 1 unspecified atom stereocenters. The molecule has 1 aromatic rings. The van der Waals surface area contributed by atoms with E-state index in [4.69, 9.17) is 0 Å². The van der Waals surface area contributed by atoms with Crippen LogP contribution < -0.4 is 5.32 Å². The molecule has 0 radical (unpaired) electrons. The first kappa shape index (κ1) is 18.0. The van der Waals surface area contributed by atoms with Crippen LogP contribution in [-0.4, -0.2) is 40.4 Å². The number of carbonyl (C=O) groups is 3. The summed E-state index contributed by atoms with van der Waals surface area (Å²) in [7, 11) is 0. The van der Waals surface area contributed by atoms with E-state index in [1.165, 1.54) is 6.07 Å². The van der Waals surface area contributed by atoms with Crippen LogP contribution in [0.25, 0.3) is 0 Å². The third kappa shape index (κ3) is 4.13. The zero-order valence-electron chi connectivity index (χ0n) is 14.2. The van der Waals surface area contributed by atoms with E-state index in [1.54, 1.807) is 24.0 Å². The van der Waals surface area contributed by atoms with Gasteiger partial charge in [-0.25, -0.2) is 4.79 Å². The topological polar surface area (TPSA) is 86.7 Å². The van der Waals surface area contributed by atoms with Crippen molar-refractivity contribution in [1.82, 2.24) is 4.90 Å². The normalized spacial score (nSPS) is 17.4. The monoisotopic (exact) mass is 332 g/mol. The first-order chi connectivity index (χ1) is 11.4. The molecular formula is C18H24N2O4. The van der Waals surface area contributed by atoms with Gasteiger partial charge in [0.15, 0.2) is 0 Å². The summed E-state index contributed by atoms with van der Waals surface area (Å²) in [5.41, 5.74) is 1.24. The molecule has 24 heavy (non-hydrogen) atoms. The standard InChI is InChI=1S/C18H24N2O4/c1-3-6-16(21)20-10-5-4-7-15(20)17(22)19-13-9-8-12(2)14(11-13)18(23)24/h8-9,11,15H,3-7,10H2,1-2H3,(H,19,22)(H,23,24). The third-order valence-electron chi connectivity index (χ3n) is 4.33. The van der Waals surface area contributed by atoms with Gasteiger partial charge in [0.2, 0.25) is 11.8 Å². The molecule has 1 aromatic carbocycles. The minimum absolute atomic E-state index is 0.00693. The van der Waals surface area contributed by atoms with E-state index in [-0.39, 0.29) is 17.4 Å². The van der Waals surface area contributed by atoms with Crippen molar-refractivity contribution in [3.05, 3.63) is 29.3 Å². The van der Waals surface area contributed by atoms with Gasteiger partial charge >= 0.3 is 5.97 Å². The van der Waals surface area contributed by atoms with Crippen LogP contribution in [0.15, 0.2) is 18.2 Å². The second-order valence-corrected chi connectivity index (χ2v) is 6.17. The number of likely N-dealkylation sites (tertiary alicyclic amines) is 1. The quantitative estimate of drug-likeness (QED) is 0.868. The summed E-state index contributed by atoms with van der Waals surface area (Å²) < 4.78 is 0. The highest BCUT2D eigenvalue weighted by molar-refractivity contribution is 5.98. The molecule has 1 fully saturated rings. The summed E-state index contributed by atoms with van der Waals surface area (Å²) in [6.07, 6.45) is 3.65. The molecule has 1 atom stereocenters. The van der Waals surface area contributed by atoms with Gasteiger partial charge in [0.1, 0.15) is 6.04 Å². The van der Waals surface area contributed by atoms with Crippen LogP contribution in [0.4, 0.5) is 5.69 Å². The largest absolute Gasteiger partial charge is 0.478 e. The molecule has 1 aliphatic heterocycles. The molecule has 6 heteroatoms. The molecule has 0 bridgehead atoms. The molecule has 2 rings (SSSR count). The molecule has 1 heterocycles. The Balaban J connectivity index is 2.14. The summed E-state index contributed by atoms with van der Waals surface area (Å²) in [5.74, 6) is -1.27. The molecule has 130 valence electrons. The lowest BCUT2D eigenvalue weighted by Crippen LogP contribution is -2.49. The number of carboxylic acid groups (broad SMARTS) is 1. The van der Waals surface area contributed by atoms with Crippen LogP contribution in [-0.2, 0) is 9.59 Å². The highest BCUT2D eigenvalue weighted by Gasteiger charge is 2.31. The molecule has 1 saturated heterocycles. The Kier molecular flexibility index (Phi) is 5.95.